The summed E-state index contributed by atoms with van der Waals surface area (Å²) in [5.74, 6) is 0.305. The van der Waals surface area contributed by atoms with E-state index in [1.54, 1.807) is 20.1 Å². The highest BCUT2D eigenvalue weighted by Gasteiger charge is 2.33. The molecule has 1 N–H and O–H groups in total. The molecule has 3 aromatic rings. The second-order valence-electron chi connectivity index (χ2n) is 7.62. The van der Waals surface area contributed by atoms with Crippen molar-refractivity contribution in [2.75, 3.05) is 13.7 Å². The van der Waals surface area contributed by atoms with E-state index in [1.807, 2.05) is 72.8 Å². The maximum absolute atomic E-state index is 12.6. The maximum Gasteiger partial charge on any atom is 0.344 e. The average molecular weight is 566 g/mol. The Morgan fingerprint density at radius 3 is 2.44 bits per heavy atom. The smallest absolute Gasteiger partial charge is 0.344 e. The van der Waals surface area contributed by atoms with E-state index in [0.29, 0.717) is 38.2 Å². The number of nitrogens with zero attached hydrogens (tertiary/aromatic N) is 1. The first-order chi connectivity index (χ1) is 17.5. The van der Waals surface area contributed by atoms with Crippen LogP contribution in [0.3, 0.4) is 0 Å². The van der Waals surface area contributed by atoms with Gasteiger partial charge in [-0.25, -0.2) is 9.79 Å². The van der Waals surface area contributed by atoms with Gasteiger partial charge in [0, 0.05) is 0 Å². The van der Waals surface area contributed by atoms with Gasteiger partial charge in [-0.2, -0.15) is 0 Å². The van der Waals surface area contributed by atoms with Crippen molar-refractivity contribution < 1.29 is 24.1 Å². The van der Waals surface area contributed by atoms with Gasteiger partial charge in [-0.15, -0.1) is 0 Å². The summed E-state index contributed by atoms with van der Waals surface area (Å²) in [5.41, 5.74) is 2.49. The summed E-state index contributed by atoms with van der Waals surface area (Å²) in [5, 5.41) is 11.3. The normalized spacial score (nSPS) is 15.4. The van der Waals surface area contributed by atoms with Gasteiger partial charge >= 0.3 is 5.97 Å². The number of carbonyl (C=O) groups is 1. The van der Waals surface area contributed by atoms with Crippen molar-refractivity contribution in [1.29, 1.82) is 0 Å². The Labute approximate surface area is 222 Å². The van der Waals surface area contributed by atoms with Crippen LogP contribution in [0.2, 0.25) is 0 Å². The Morgan fingerprint density at radius 2 is 1.78 bits per heavy atom. The van der Waals surface area contributed by atoms with Gasteiger partial charge in [-0.3, -0.25) is 0 Å². The zero-order valence-electron chi connectivity index (χ0n) is 19.7. The number of benzene rings is 3. The Bertz CT molecular complexity index is 1340. The van der Waals surface area contributed by atoms with Crippen molar-refractivity contribution in [1.82, 2.24) is 0 Å². The zero-order valence-corrected chi connectivity index (χ0v) is 22.1. The molecule has 8 heteroatoms. The molecule has 0 unspecified atom stereocenters. The number of rotatable bonds is 8. The van der Waals surface area contributed by atoms with Crippen LogP contribution in [0.4, 0.5) is 5.69 Å². The van der Waals surface area contributed by atoms with E-state index in [4.69, 9.17) is 14.2 Å². The molecule has 0 radical (unpaired) electrons. The van der Waals surface area contributed by atoms with Crippen molar-refractivity contribution in [3.63, 3.8) is 0 Å². The molecule has 0 saturated carbocycles. The second kappa shape index (κ2) is 12.0. The number of aliphatic imine (C=N–C) groups is 1. The predicted octanol–water partition coefficient (Wildman–Crippen LogP) is 7.23. The summed E-state index contributed by atoms with van der Waals surface area (Å²) >= 11 is 4.78. The number of halogens is 1. The summed E-state index contributed by atoms with van der Waals surface area (Å²) in [6, 6.07) is 22.8. The average Bonchev–Trinajstić information content (AvgIpc) is 3.18. The Hall–Kier alpha value is -3.49. The van der Waals surface area contributed by atoms with E-state index in [0.717, 1.165) is 11.1 Å². The molecule has 3 aromatic carbocycles. The number of esters is 1. The number of para-hydroxylation sites is 1. The van der Waals surface area contributed by atoms with Gasteiger partial charge in [-0.1, -0.05) is 60.3 Å². The Balaban J connectivity index is 1.66. The quantitative estimate of drug-likeness (QED) is 0.290. The van der Waals surface area contributed by atoms with Crippen LogP contribution in [0.5, 0.6) is 11.5 Å². The number of carbonyl (C=O) groups excluding carboxylic acids is 1. The van der Waals surface area contributed by atoms with Crippen molar-refractivity contribution >= 4 is 50.5 Å². The molecule has 1 heterocycles. The lowest BCUT2D eigenvalue weighted by atomic mass is 10.1. The maximum atomic E-state index is 12.6. The summed E-state index contributed by atoms with van der Waals surface area (Å²) in [4.78, 5) is 17.7. The molecular formula is C28H24BrNO5S. The number of aliphatic hydroxyl groups excluding tert-OH is 1. The first kappa shape index (κ1) is 25.6. The Kier molecular flexibility index (Phi) is 8.51. The van der Waals surface area contributed by atoms with Crippen LogP contribution in [0.25, 0.3) is 6.08 Å². The van der Waals surface area contributed by atoms with Crippen LogP contribution >= 0.6 is 27.7 Å². The lowest BCUT2D eigenvalue weighted by Crippen LogP contribution is -2.12. The molecule has 0 fully saturated rings. The topological polar surface area (TPSA) is 77.4 Å². The zero-order chi connectivity index (χ0) is 25.5. The number of hydrogen-bond acceptors (Lipinski definition) is 7. The SMILES string of the molecule is CCOC(=O)C1=C(O)/C(=C/c2cc(Br)c(OCc3ccccc3)c(OC)c2)SC1=Nc1ccccc1. The molecule has 0 aliphatic carbocycles. The monoisotopic (exact) mass is 565 g/mol. The van der Waals surface area contributed by atoms with Crippen molar-refractivity contribution in [3.05, 3.63) is 105 Å². The van der Waals surface area contributed by atoms with Gasteiger partial charge in [0.1, 0.15) is 23.0 Å². The highest BCUT2D eigenvalue weighted by Crippen LogP contribution is 2.42. The molecule has 0 amide bonds. The van der Waals surface area contributed by atoms with E-state index < -0.39 is 5.97 Å². The molecule has 184 valence electrons. The van der Waals surface area contributed by atoms with Gasteiger partial charge in [-0.05, 0) is 64.3 Å². The van der Waals surface area contributed by atoms with Crippen LogP contribution in [0, 0.1) is 0 Å². The van der Waals surface area contributed by atoms with E-state index in [-0.39, 0.29) is 17.9 Å². The lowest BCUT2D eigenvalue weighted by molar-refractivity contribution is -0.138. The number of methoxy groups -OCH3 is 1. The fourth-order valence-corrected chi connectivity index (χ4v) is 5.07. The van der Waals surface area contributed by atoms with Crippen LogP contribution in [0.15, 0.2) is 98.5 Å². The van der Waals surface area contributed by atoms with E-state index in [1.165, 1.54) is 11.8 Å². The fourth-order valence-electron chi connectivity index (χ4n) is 3.46. The molecule has 6 nitrogen and oxygen atoms in total. The summed E-state index contributed by atoms with van der Waals surface area (Å²) < 4.78 is 17.5. The van der Waals surface area contributed by atoms with Crippen LogP contribution in [-0.4, -0.2) is 29.8 Å². The minimum atomic E-state index is -0.621. The molecule has 36 heavy (non-hydrogen) atoms. The number of thioether (sulfide) groups is 1. The summed E-state index contributed by atoms with van der Waals surface area (Å²) in [7, 11) is 1.57. The van der Waals surface area contributed by atoms with Crippen molar-refractivity contribution in [3.8, 4) is 11.5 Å². The molecule has 0 aromatic heterocycles. The number of aliphatic hydroxyl groups is 1. The van der Waals surface area contributed by atoms with Crippen LogP contribution < -0.4 is 9.47 Å². The molecule has 0 atom stereocenters. The van der Waals surface area contributed by atoms with Gasteiger partial charge in [0.15, 0.2) is 11.5 Å². The van der Waals surface area contributed by atoms with Gasteiger partial charge in [0.2, 0.25) is 0 Å². The molecular weight excluding hydrogens is 542 g/mol. The second-order valence-corrected chi connectivity index (χ2v) is 9.50. The molecule has 0 bridgehead atoms. The van der Waals surface area contributed by atoms with E-state index >= 15 is 0 Å². The van der Waals surface area contributed by atoms with E-state index in [2.05, 4.69) is 20.9 Å². The third kappa shape index (κ3) is 6.01. The standard InChI is InChI=1S/C28H24BrNO5S/c1-3-34-28(32)24-25(31)23(36-27(24)30-20-12-8-5-9-13-20)16-19-14-21(29)26(22(15-19)33-2)35-17-18-10-6-4-7-11-18/h4-16,31H,3,17H2,1-2H3/b23-16-,30-27?. The fraction of sp³-hybridized carbons (Fsp3) is 0.143. The largest absolute Gasteiger partial charge is 0.506 e. The minimum absolute atomic E-state index is 0.0470. The summed E-state index contributed by atoms with van der Waals surface area (Å²) in [6.07, 6.45) is 1.76. The molecule has 0 spiro atoms. The van der Waals surface area contributed by atoms with Crippen LogP contribution in [-0.2, 0) is 16.1 Å². The third-order valence-corrected chi connectivity index (χ3v) is 6.74. The molecule has 1 aliphatic heterocycles. The molecule has 4 rings (SSSR count). The van der Waals surface area contributed by atoms with E-state index in [9.17, 15) is 9.90 Å². The highest BCUT2D eigenvalue weighted by atomic mass is 79.9. The summed E-state index contributed by atoms with van der Waals surface area (Å²) in [6.45, 7) is 2.29. The minimum Gasteiger partial charge on any atom is -0.506 e. The Morgan fingerprint density at radius 1 is 1.08 bits per heavy atom. The first-order valence-corrected chi connectivity index (χ1v) is 12.8. The molecule has 1 aliphatic rings. The van der Waals surface area contributed by atoms with Gasteiger partial charge < -0.3 is 19.3 Å². The number of ether oxygens (including phenoxy) is 3. The van der Waals surface area contributed by atoms with Crippen LogP contribution in [0.1, 0.15) is 18.1 Å². The van der Waals surface area contributed by atoms with Crippen molar-refractivity contribution in [2.24, 2.45) is 4.99 Å². The highest BCUT2D eigenvalue weighted by molar-refractivity contribution is 9.10. The predicted molar refractivity (Wildman–Crippen MR) is 147 cm³/mol. The van der Waals surface area contributed by atoms with Crippen molar-refractivity contribution in [2.45, 2.75) is 13.5 Å². The molecule has 0 saturated heterocycles. The van der Waals surface area contributed by atoms with Gasteiger partial charge in [0.05, 0.1) is 28.8 Å². The number of hydrogen-bond donors (Lipinski definition) is 1. The first-order valence-electron chi connectivity index (χ1n) is 11.2. The third-order valence-electron chi connectivity index (χ3n) is 5.13. The van der Waals surface area contributed by atoms with Gasteiger partial charge in [0.25, 0.3) is 0 Å². The lowest BCUT2D eigenvalue weighted by Gasteiger charge is -2.14.